The van der Waals surface area contributed by atoms with E-state index < -0.39 is 6.10 Å². The van der Waals surface area contributed by atoms with E-state index >= 15 is 0 Å². The zero-order valence-electron chi connectivity index (χ0n) is 11.1. The van der Waals surface area contributed by atoms with Gasteiger partial charge in [0.25, 0.3) is 0 Å². The second kappa shape index (κ2) is 5.59. The maximum Gasteiger partial charge on any atom is 0.129 e. The molecule has 1 aromatic heterocycles. The number of aryl methyl sites for hydroxylation is 2. The molecule has 0 aliphatic carbocycles. The van der Waals surface area contributed by atoms with Gasteiger partial charge in [0.05, 0.1) is 7.11 Å². The standard InChI is InChI=1S/C15H16ClNO2/c1-9-7-13(19-3)10(2)6-12(9)15(18)11-4-5-14(16)17-8-11/h4-8,15,18H,1-3H3. The fraction of sp³-hybridized carbons (Fsp3) is 0.267. The van der Waals surface area contributed by atoms with Crippen molar-refractivity contribution >= 4 is 11.6 Å². The van der Waals surface area contributed by atoms with Gasteiger partial charge in [-0.05, 0) is 48.7 Å². The second-order valence-corrected chi connectivity index (χ2v) is 4.88. The molecule has 0 spiro atoms. The number of hydrogen-bond acceptors (Lipinski definition) is 3. The molecule has 0 saturated heterocycles. The van der Waals surface area contributed by atoms with Gasteiger partial charge >= 0.3 is 0 Å². The Bertz CT molecular complexity index is 581. The van der Waals surface area contributed by atoms with Crippen molar-refractivity contribution in [3.8, 4) is 5.75 Å². The highest BCUT2D eigenvalue weighted by molar-refractivity contribution is 6.29. The molecule has 0 saturated carbocycles. The Morgan fingerprint density at radius 1 is 1.21 bits per heavy atom. The zero-order chi connectivity index (χ0) is 14.0. The van der Waals surface area contributed by atoms with E-state index in [2.05, 4.69) is 4.98 Å². The van der Waals surface area contributed by atoms with Crippen molar-refractivity contribution in [3.63, 3.8) is 0 Å². The second-order valence-electron chi connectivity index (χ2n) is 4.50. The number of aliphatic hydroxyl groups is 1. The van der Waals surface area contributed by atoms with E-state index in [1.165, 1.54) is 0 Å². The summed E-state index contributed by atoms with van der Waals surface area (Å²) in [4.78, 5) is 3.99. The van der Waals surface area contributed by atoms with Gasteiger partial charge in [0.2, 0.25) is 0 Å². The average Bonchev–Trinajstić information content (AvgIpc) is 2.41. The molecule has 3 nitrogen and oxygen atoms in total. The van der Waals surface area contributed by atoms with E-state index in [4.69, 9.17) is 16.3 Å². The largest absolute Gasteiger partial charge is 0.496 e. The first-order chi connectivity index (χ1) is 9.02. The fourth-order valence-corrected chi connectivity index (χ4v) is 2.17. The third-order valence-corrected chi connectivity index (χ3v) is 3.37. The molecule has 1 N–H and O–H groups in total. The Balaban J connectivity index is 2.41. The highest BCUT2D eigenvalue weighted by Crippen LogP contribution is 2.30. The minimum Gasteiger partial charge on any atom is -0.496 e. The van der Waals surface area contributed by atoms with E-state index in [0.717, 1.165) is 28.0 Å². The number of aromatic nitrogens is 1. The number of ether oxygens (including phenoxy) is 1. The predicted molar refractivity (Wildman–Crippen MR) is 75.8 cm³/mol. The van der Waals surface area contributed by atoms with Gasteiger partial charge in [0, 0.05) is 11.8 Å². The van der Waals surface area contributed by atoms with Crippen LogP contribution in [-0.2, 0) is 0 Å². The molecule has 0 bridgehead atoms. The van der Waals surface area contributed by atoms with Crippen molar-refractivity contribution in [1.29, 1.82) is 0 Å². The summed E-state index contributed by atoms with van der Waals surface area (Å²) in [5.41, 5.74) is 3.54. The fourth-order valence-electron chi connectivity index (χ4n) is 2.06. The molecule has 0 amide bonds. The molecule has 100 valence electrons. The van der Waals surface area contributed by atoms with Crippen LogP contribution in [0.1, 0.15) is 28.4 Å². The summed E-state index contributed by atoms with van der Waals surface area (Å²) >= 11 is 5.75. The molecular formula is C15H16ClNO2. The number of halogens is 1. The number of nitrogens with zero attached hydrogens (tertiary/aromatic N) is 1. The maximum absolute atomic E-state index is 10.4. The van der Waals surface area contributed by atoms with Crippen molar-refractivity contribution in [1.82, 2.24) is 4.98 Å². The first kappa shape index (κ1) is 13.8. The molecule has 1 atom stereocenters. The van der Waals surface area contributed by atoms with Crippen molar-refractivity contribution in [2.24, 2.45) is 0 Å². The lowest BCUT2D eigenvalue weighted by molar-refractivity contribution is 0.219. The van der Waals surface area contributed by atoms with Crippen LogP contribution in [0.2, 0.25) is 5.15 Å². The summed E-state index contributed by atoms with van der Waals surface area (Å²) in [6.07, 6.45) is 0.876. The number of aliphatic hydroxyl groups excluding tert-OH is 1. The molecule has 1 aromatic carbocycles. The summed E-state index contributed by atoms with van der Waals surface area (Å²) in [5.74, 6) is 0.822. The van der Waals surface area contributed by atoms with E-state index in [1.54, 1.807) is 25.4 Å². The first-order valence-corrected chi connectivity index (χ1v) is 6.35. The Morgan fingerprint density at radius 2 is 1.95 bits per heavy atom. The normalized spacial score (nSPS) is 12.3. The number of benzene rings is 1. The molecular weight excluding hydrogens is 262 g/mol. The Morgan fingerprint density at radius 3 is 2.53 bits per heavy atom. The molecule has 0 fully saturated rings. The van der Waals surface area contributed by atoms with Gasteiger partial charge in [-0.3, -0.25) is 0 Å². The molecule has 0 aliphatic heterocycles. The Kier molecular flexibility index (Phi) is 4.08. The SMILES string of the molecule is COc1cc(C)c(C(O)c2ccc(Cl)nc2)cc1C. The number of hydrogen-bond donors (Lipinski definition) is 1. The van der Waals surface area contributed by atoms with Crippen molar-refractivity contribution in [2.45, 2.75) is 20.0 Å². The molecule has 2 rings (SSSR count). The molecule has 2 aromatic rings. The smallest absolute Gasteiger partial charge is 0.129 e. The Hall–Kier alpha value is -1.58. The van der Waals surface area contributed by atoms with Gasteiger partial charge in [-0.15, -0.1) is 0 Å². The van der Waals surface area contributed by atoms with Crippen LogP contribution in [0.3, 0.4) is 0 Å². The lowest BCUT2D eigenvalue weighted by Gasteiger charge is -2.16. The summed E-state index contributed by atoms with van der Waals surface area (Å²) in [7, 11) is 1.64. The van der Waals surface area contributed by atoms with Gasteiger partial charge in [-0.2, -0.15) is 0 Å². The topological polar surface area (TPSA) is 42.4 Å². The molecule has 19 heavy (non-hydrogen) atoms. The lowest BCUT2D eigenvalue weighted by Crippen LogP contribution is -2.04. The molecule has 1 heterocycles. The average molecular weight is 278 g/mol. The van der Waals surface area contributed by atoms with Crippen LogP contribution >= 0.6 is 11.6 Å². The van der Waals surface area contributed by atoms with Crippen molar-refractivity contribution in [3.05, 3.63) is 57.9 Å². The summed E-state index contributed by atoms with van der Waals surface area (Å²) in [6.45, 7) is 3.90. The number of methoxy groups -OCH3 is 1. The van der Waals surface area contributed by atoms with Gasteiger partial charge in [-0.1, -0.05) is 17.7 Å². The lowest BCUT2D eigenvalue weighted by atomic mass is 9.96. The summed E-state index contributed by atoms with van der Waals surface area (Å²) in [5, 5.41) is 10.8. The monoisotopic (exact) mass is 277 g/mol. The van der Waals surface area contributed by atoms with Crippen molar-refractivity contribution in [2.75, 3.05) is 7.11 Å². The number of pyridine rings is 1. The van der Waals surface area contributed by atoms with Gasteiger partial charge in [0.1, 0.15) is 17.0 Å². The first-order valence-electron chi connectivity index (χ1n) is 5.97. The van der Waals surface area contributed by atoms with Crippen LogP contribution in [0.5, 0.6) is 5.75 Å². The van der Waals surface area contributed by atoms with Crippen LogP contribution in [0.25, 0.3) is 0 Å². The number of rotatable bonds is 3. The predicted octanol–water partition coefficient (Wildman–Crippen LogP) is 3.44. The zero-order valence-corrected chi connectivity index (χ0v) is 11.9. The molecule has 4 heteroatoms. The maximum atomic E-state index is 10.4. The van der Waals surface area contributed by atoms with Crippen LogP contribution in [0, 0.1) is 13.8 Å². The van der Waals surface area contributed by atoms with Gasteiger partial charge in [0.15, 0.2) is 0 Å². The van der Waals surface area contributed by atoms with E-state index in [1.807, 2.05) is 26.0 Å². The third kappa shape index (κ3) is 2.88. The molecule has 0 aliphatic rings. The van der Waals surface area contributed by atoms with Crippen LogP contribution < -0.4 is 4.74 Å². The highest BCUT2D eigenvalue weighted by Gasteiger charge is 2.15. The van der Waals surface area contributed by atoms with E-state index in [-0.39, 0.29) is 0 Å². The third-order valence-electron chi connectivity index (χ3n) is 3.14. The molecule has 0 radical (unpaired) electrons. The van der Waals surface area contributed by atoms with Crippen LogP contribution in [0.15, 0.2) is 30.5 Å². The van der Waals surface area contributed by atoms with Crippen LogP contribution in [0.4, 0.5) is 0 Å². The van der Waals surface area contributed by atoms with Crippen molar-refractivity contribution < 1.29 is 9.84 Å². The molecule has 1 unspecified atom stereocenters. The van der Waals surface area contributed by atoms with Gasteiger partial charge in [-0.25, -0.2) is 4.98 Å². The summed E-state index contributed by atoms with van der Waals surface area (Å²) in [6, 6.07) is 7.31. The minimum atomic E-state index is -0.714. The van der Waals surface area contributed by atoms with E-state index in [9.17, 15) is 5.11 Å². The Labute approximate surface area is 117 Å². The minimum absolute atomic E-state index is 0.415. The van der Waals surface area contributed by atoms with Gasteiger partial charge < -0.3 is 9.84 Å². The van der Waals surface area contributed by atoms with E-state index in [0.29, 0.717) is 5.15 Å². The highest BCUT2D eigenvalue weighted by atomic mass is 35.5. The van der Waals surface area contributed by atoms with Crippen LogP contribution in [-0.4, -0.2) is 17.2 Å². The quantitative estimate of drug-likeness (QED) is 0.874. The summed E-state index contributed by atoms with van der Waals surface area (Å²) < 4.78 is 5.27.